The molecule has 3 N–H and O–H groups in total. The van der Waals surface area contributed by atoms with E-state index in [1.54, 1.807) is 6.92 Å². The minimum atomic E-state index is -0.389. The van der Waals surface area contributed by atoms with Gasteiger partial charge in [0.05, 0.1) is 6.10 Å². The molecule has 0 radical (unpaired) electrons. The van der Waals surface area contributed by atoms with Crippen LogP contribution in [0.3, 0.4) is 0 Å². The number of aliphatic hydroxyl groups is 1. The SMILES string of the molecule is CC(O)Cn1cc(CN)c2ccc(Cl)cc21. The zero-order chi connectivity index (χ0) is 11.7. The van der Waals surface area contributed by atoms with Crippen LogP contribution in [0.15, 0.2) is 24.4 Å². The number of fused-ring (bicyclic) bond motifs is 1. The van der Waals surface area contributed by atoms with Crippen molar-refractivity contribution in [2.75, 3.05) is 0 Å². The van der Waals surface area contributed by atoms with E-state index in [9.17, 15) is 5.11 Å². The van der Waals surface area contributed by atoms with Crippen LogP contribution >= 0.6 is 11.6 Å². The number of benzene rings is 1. The lowest BCUT2D eigenvalue weighted by molar-refractivity contribution is 0.175. The second kappa shape index (κ2) is 4.45. The average Bonchev–Trinajstić information content (AvgIpc) is 2.55. The summed E-state index contributed by atoms with van der Waals surface area (Å²) >= 11 is 5.97. The molecule has 0 saturated heterocycles. The third kappa shape index (κ3) is 2.07. The van der Waals surface area contributed by atoms with E-state index in [-0.39, 0.29) is 6.10 Å². The first-order chi connectivity index (χ1) is 7.61. The van der Waals surface area contributed by atoms with Gasteiger partial charge in [-0.15, -0.1) is 0 Å². The Morgan fingerprint density at radius 1 is 1.50 bits per heavy atom. The van der Waals surface area contributed by atoms with Gasteiger partial charge in [0.25, 0.3) is 0 Å². The number of rotatable bonds is 3. The Morgan fingerprint density at radius 3 is 2.88 bits per heavy atom. The lowest BCUT2D eigenvalue weighted by Crippen LogP contribution is -2.10. The van der Waals surface area contributed by atoms with Crippen LogP contribution in [0.5, 0.6) is 0 Å². The van der Waals surface area contributed by atoms with E-state index < -0.39 is 0 Å². The Bertz CT molecular complexity index is 505. The first-order valence-corrected chi connectivity index (χ1v) is 5.65. The number of nitrogens with two attached hydrogens (primary N) is 1. The molecular weight excluding hydrogens is 224 g/mol. The second-order valence-electron chi connectivity index (χ2n) is 4.02. The molecule has 1 unspecified atom stereocenters. The van der Waals surface area contributed by atoms with E-state index in [0.29, 0.717) is 18.1 Å². The molecule has 3 nitrogen and oxygen atoms in total. The van der Waals surface area contributed by atoms with Gasteiger partial charge < -0.3 is 15.4 Å². The van der Waals surface area contributed by atoms with Gasteiger partial charge in [-0.3, -0.25) is 0 Å². The Morgan fingerprint density at radius 2 is 2.25 bits per heavy atom. The fraction of sp³-hybridized carbons (Fsp3) is 0.333. The normalized spacial score (nSPS) is 13.2. The third-order valence-corrected chi connectivity index (χ3v) is 2.84. The van der Waals surface area contributed by atoms with Crippen LogP contribution in [0.4, 0.5) is 0 Å². The molecule has 1 aromatic carbocycles. The largest absolute Gasteiger partial charge is 0.392 e. The van der Waals surface area contributed by atoms with Crippen molar-refractivity contribution >= 4 is 22.5 Å². The van der Waals surface area contributed by atoms with Crippen LogP contribution in [-0.2, 0) is 13.1 Å². The first kappa shape index (κ1) is 11.5. The highest BCUT2D eigenvalue weighted by atomic mass is 35.5. The van der Waals surface area contributed by atoms with Gasteiger partial charge in [-0.2, -0.15) is 0 Å². The highest BCUT2D eigenvalue weighted by Gasteiger charge is 2.09. The minimum absolute atomic E-state index is 0.389. The number of hydrogen-bond donors (Lipinski definition) is 2. The van der Waals surface area contributed by atoms with Crippen molar-refractivity contribution < 1.29 is 5.11 Å². The van der Waals surface area contributed by atoms with Crippen molar-refractivity contribution in [2.45, 2.75) is 26.1 Å². The summed E-state index contributed by atoms with van der Waals surface area (Å²) in [4.78, 5) is 0. The number of aliphatic hydroxyl groups excluding tert-OH is 1. The van der Waals surface area contributed by atoms with Gasteiger partial charge in [0.2, 0.25) is 0 Å². The lowest BCUT2D eigenvalue weighted by Gasteiger charge is -2.07. The summed E-state index contributed by atoms with van der Waals surface area (Å²) in [6, 6.07) is 5.73. The van der Waals surface area contributed by atoms with E-state index >= 15 is 0 Å². The van der Waals surface area contributed by atoms with Crippen molar-refractivity contribution in [1.29, 1.82) is 0 Å². The molecule has 4 heteroatoms. The van der Waals surface area contributed by atoms with Crippen molar-refractivity contribution in [3.05, 3.63) is 35.0 Å². The topological polar surface area (TPSA) is 51.2 Å². The third-order valence-electron chi connectivity index (χ3n) is 2.61. The summed E-state index contributed by atoms with van der Waals surface area (Å²) in [5.41, 5.74) is 7.79. The van der Waals surface area contributed by atoms with E-state index in [4.69, 9.17) is 17.3 Å². The predicted molar refractivity (Wildman–Crippen MR) is 66.5 cm³/mol. The molecule has 0 bridgehead atoms. The van der Waals surface area contributed by atoms with E-state index in [1.807, 2.05) is 29.0 Å². The maximum atomic E-state index is 9.43. The highest BCUT2D eigenvalue weighted by Crippen LogP contribution is 2.24. The van der Waals surface area contributed by atoms with Gasteiger partial charge in [-0.05, 0) is 24.6 Å². The van der Waals surface area contributed by atoms with Gasteiger partial charge in [-0.25, -0.2) is 0 Å². The number of aromatic nitrogens is 1. The van der Waals surface area contributed by atoms with Gasteiger partial charge >= 0.3 is 0 Å². The molecule has 0 aliphatic heterocycles. The quantitative estimate of drug-likeness (QED) is 0.861. The molecular formula is C12H15ClN2O. The number of halogens is 1. The summed E-state index contributed by atoms with van der Waals surface area (Å²) in [6.07, 6.45) is 1.59. The van der Waals surface area contributed by atoms with Crippen LogP contribution in [0.2, 0.25) is 5.02 Å². The number of nitrogens with zero attached hydrogens (tertiary/aromatic N) is 1. The standard InChI is InChI=1S/C12H15ClN2O/c1-8(16)6-15-7-9(5-14)11-3-2-10(13)4-12(11)15/h2-4,7-8,16H,5-6,14H2,1H3. The lowest BCUT2D eigenvalue weighted by atomic mass is 10.2. The molecule has 1 atom stereocenters. The summed E-state index contributed by atoms with van der Waals surface area (Å²) in [7, 11) is 0. The molecule has 16 heavy (non-hydrogen) atoms. The molecule has 0 saturated carbocycles. The molecule has 0 aliphatic carbocycles. The van der Waals surface area contributed by atoms with Crippen LogP contribution < -0.4 is 5.73 Å². The summed E-state index contributed by atoms with van der Waals surface area (Å²) in [6.45, 7) is 2.81. The van der Waals surface area contributed by atoms with Crippen LogP contribution in [0.25, 0.3) is 10.9 Å². The molecule has 1 aromatic heterocycles. The Balaban J connectivity index is 2.59. The minimum Gasteiger partial charge on any atom is -0.392 e. The van der Waals surface area contributed by atoms with Gasteiger partial charge in [0.1, 0.15) is 0 Å². The Kier molecular flexibility index (Phi) is 3.19. The van der Waals surface area contributed by atoms with Gasteiger partial charge in [0, 0.05) is 35.2 Å². The first-order valence-electron chi connectivity index (χ1n) is 5.27. The second-order valence-corrected chi connectivity index (χ2v) is 4.46. The highest BCUT2D eigenvalue weighted by molar-refractivity contribution is 6.31. The molecule has 0 spiro atoms. The zero-order valence-corrected chi connectivity index (χ0v) is 9.91. The molecule has 0 aliphatic rings. The van der Waals surface area contributed by atoms with Crippen LogP contribution in [-0.4, -0.2) is 15.8 Å². The van der Waals surface area contributed by atoms with Crippen molar-refractivity contribution in [1.82, 2.24) is 4.57 Å². The van der Waals surface area contributed by atoms with Crippen molar-refractivity contribution in [2.24, 2.45) is 5.73 Å². The molecule has 2 aromatic rings. The smallest absolute Gasteiger partial charge is 0.0691 e. The maximum Gasteiger partial charge on any atom is 0.0691 e. The molecule has 86 valence electrons. The number of hydrogen-bond acceptors (Lipinski definition) is 2. The van der Waals surface area contributed by atoms with Gasteiger partial charge in [-0.1, -0.05) is 17.7 Å². The summed E-state index contributed by atoms with van der Waals surface area (Å²) in [5, 5.41) is 11.2. The monoisotopic (exact) mass is 238 g/mol. The Hall–Kier alpha value is -1.03. The van der Waals surface area contributed by atoms with Gasteiger partial charge in [0.15, 0.2) is 0 Å². The molecule has 2 rings (SSSR count). The fourth-order valence-electron chi connectivity index (χ4n) is 1.94. The zero-order valence-electron chi connectivity index (χ0n) is 9.15. The van der Waals surface area contributed by atoms with Crippen LogP contribution in [0.1, 0.15) is 12.5 Å². The Labute approximate surface area is 99.4 Å². The fourth-order valence-corrected chi connectivity index (χ4v) is 2.11. The summed E-state index contributed by atoms with van der Waals surface area (Å²) < 4.78 is 1.99. The molecule has 1 heterocycles. The van der Waals surface area contributed by atoms with E-state index in [2.05, 4.69) is 0 Å². The van der Waals surface area contributed by atoms with Crippen molar-refractivity contribution in [3.8, 4) is 0 Å². The van der Waals surface area contributed by atoms with Crippen molar-refractivity contribution in [3.63, 3.8) is 0 Å². The van der Waals surface area contributed by atoms with E-state index in [0.717, 1.165) is 16.5 Å². The maximum absolute atomic E-state index is 9.43. The molecule has 0 fully saturated rings. The summed E-state index contributed by atoms with van der Waals surface area (Å²) in [5.74, 6) is 0. The predicted octanol–water partition coefficient (Wildman–Crippen LogP) is 2.13. The molecule has 0 amide bonds. The van der Waals surface area contributed by atoms with Crippen LogP contribution in [0, 0.1) is 0 Å². The average molecular weight is 239 g/mol. The van der Waals surface area contributed by atoms with E-state index in [1.165, 1.54) is 0 Å².